The molecule has 1 rings (SSSR count). The lowest BCUT2D eigenvalue weighted by atomic mass is 9.94. The standard InChI is InChI=1S/C8H15NO3/c1-6(2)8-7(9(10)11)4-3-5-12-8/h6-8H,3-5H2,1-2H3. The molecule has 0 spiro atoms. The Morgan fingerprint density at radius 1 is 1.58 bits per heavy atom. The molecule has 1 fully saturated rings. The van der Waals surface area contributed by atoms with Crippen molar-refractivity contribution in [3.63, 3.8) is 0 Å². The Morgan fingerprint density at radius 3 is 2.67 bits per heavy atom. The molecule has 0 saturated carbocycles. The summed E-state index contributed by atoms with van der Waals surface area (Å²) in [4.78, 5) is 10.4. The molecular formula is C8H15NO3. The summed E-state index contributed by atoms with van der Waals surface area (Å²) in [5, 5.41) is 10.6. The van der Waals surface area contributed by atoms with Crippen molar-refractivity contribution in [2.24, 2.45) is 5.92 Å². The van der Waals surface area contributed by atoms with Crippen LogP contribution in [-0.4, -0.2) is 23.7 Å². The maximum Gasteiger partial charge on any atom is 0.239 e. The van der Waals surface area contributed by atoms with Crippen LogP contribution in [0.1, 0.15) is 26.7 Å². The third-order valence-corrected chi connectivity index (χ3v) is 2.26. The maximum absolute atomic E-state index is 10.6. The number of hydrogen-bond acceptors (Lipinski definition) is 3. The Labute approximate surface area is 72.1 Å². The first-order valence-electron chi connectivity index (χ1n) is 4.38. The molecule has 0 bridgehead atoms. The highest BCUT2D eigenvalue weighted by atomic mass is 16.6. The molecule has 0 radical (unpaired) electrons. The summed E-state index contributed by atoms with van der Waals surface area (Å²) in [5.74, 6) is 0.237. The lowest BCUT2D eigenvalue weighted by Crippen LogP contribution is -2.42. The van der Waals surface area contributed by atoms with E-state index >= 15 is 0 Å². The van der Waals surface area contributed by atoms with Crippen LogP contribution >= 0.6 is 0 Å². The topological polar surface area (TPSA) is 52.4 Å². The molecule has 0 N–H and O–H groups in total. The van der Waals surface area contributed by atoms with Gasteiger partial charge in [-0.3, -0.25) is 10.1 Å². The van der Waals surface area contributed by atoms with Gasteiger partial charge in [0.15, 0.2) is 0 Å². The van der Waals surface area contributed by atoms with E-state index in [1.807, 2.05) is 13.8 Å². The minimum Gasteiger partial charge on any atom is -0.371 e. The minimum atomic E-state index is -0.487. The van der Waals surface area contributed by atoms with E-state index in [-0.39, 0.29) is 16.9 Å². The number of nitro groups is 1. The first-order valence-corrected chi connectivity index (χ1v) is 4.38. The molecule has 4 heteroatoms. The van der Waals surface area contributed by atoms with Gasteiger partial charge in [-0.25, -0.2) is 0 Å². The highest BCUT2D eigenvalue weighted by Crippen LogP contribution is 2.22. The molecule has 1 heterocycles. The van der Waals surface area contributed by atoms with Gasteiger partial charge in [0.25, 0.3) is 0 Å². The first-order chi connectivity index (χ1) is 5.63. The summed E-state index contributed by atoms with van der Waals surface area (Å²) >= 11 is 0. The van der Waals surface area contributed by atoms with E-state index in [1.54, 1.807) is 0 Å². The molecular weight excluding hydrogens is 158 g/mol. The van der Waals surface area contributed by atoms with Crippen LogP contribution in [0, 0.1) is 16.0 Å². The third-order valence-electron chi connectivity index (χ3n) is 2.26. The molecule has 12 heavy (non-hydrogen) atoms. The van der Waals surface area contributed by atoms with E-state index in [0.717, 1.165) is 6.42 Å². The SMILES string of the molecule is CC(C)C1OCCCC1[N+](=O)[O-]. The zero-order valence-corrected chi connectivity index (χ0v) is 7.53. The largest absolute Gasteiger partial charge is 0.371 e. The van der Waals surface area contributed by atoms with Gasteiger partial charge in [0, 0.05) is 18.0 Å². The van der Waals surface area contributed by atoms with Gasteiger partial charge in [-0.1, -0.05) is 13.8 Å². The molecule has 0 aliphatic carbocycles. The second-order valence-electron chi connectivity index (χ2n) is 3.57. The van der Waals surface area contributed by atoms with E-state index in [9.17, 15) is 10.1 Å². The summed E-state index contributed by atoms with van der Waals surface area (Å²) in [6.07, 6.45) is 1.29. The average Bonchev–Trinajstić information content (AvgIpc) is 2.04. The second kappa shape index (κ2) is 3.85. The van der Waals surface area contributed by atoms with Crippen molar-refractivity contribution >= 4 is 0 Å². The Hall–Kier alpha value is -0.640. The van der Waals surface area contributed by atoms with Gasteiger partial charge < -0.3 is 4.74 Å². The van der Waals surface area contributed by atoms with Crippen molar-refractivity contribution in [1.29, 1.82) is 0 Å². The van der Waals surface area contributed by atoms with Crippen LogP contribution in [0.4, 0.5) is 0 Å². The van der Waals surface area contributed by atoms with E-state index in [0.29, 0.717) is 13.0 Å². The fraction of sp³-hybridized carbons (Fsp3) is 1.00. The molecule has 0 aromatic heterocycles. The highest BCUT2D eigenvalue weighted by Gasteiger charge is 2.36. The summed E-state index contributed by atoms with van der Waals surface area (Å²) in [5.41, 5.74) is 0. The van der Waals surface area contributed by atoms with Crippen LogP contribution in [0.15, 0.2) is 0 Å². The van der Waals surface area contributed by atoms with E-state index in [1.165, 1.54) is 0 Å². The van der Waals surface area contributed by atoms with Crippen LogP contribution in [0.3, 0.4) is 0 Å². The Kier molecular flexibility index (Phi) is 3.03. The van der Waals surface area contributed by atoms with Gasteiger partial charge in [0.1, 0.15) is 6.10 Å². The highest BCUT2D eigenvalue weighted by molar-refractivity contribution is 4.76. The van der Waals surface area contributed by atoms with Gasteiger partial charge in [-0.15, -0.1) is 0 Å². The zero-order chi connectivity index (χ0) is 9.14. The summed E-state index contributed by atoms with van der Waals surface area (Å²) in [7, 11) is 0. The summed E-state index contributed by atoms with van der Waals surface area (Å²) in [6.45, 7) is 4.60. The predicted molar refractivity (Wildman–Crippen MR) is 44.6 cm³/mol. The summed E-state index contributed by atoms with van der Waals surface area (Å²) < 4.78 is 5.37. The minimum absolute atomic E-state index is 0.186. The lowest BCUT2D eigenvalue weighted by molar-refractivity contribution is -0.542. The Morgan fingerprint density at radius 2 is 2.25 bits per heavy atom. The molecule has 1 aliphatic rings. The van der Waals surface area contributed by atoms with Crippen molar-refractivity contribution in [3.8, 4) is 0 Å². The number of hydrogen-bond donors (Lipinski definition) is 0. The van der Waals surface area contributed by atoms with Crippen LogP contribution in [0.5, 0.6) is 0 Å². The smallest absolute Gasteiger partial charge is 0.239 e. The molecule has 2 atom stereocenters. The second-order valence-corrected chi connectivity index (χ2v) is 3.57. The number of ether oxygens (including phenoxy) is 1. The molecule has 0 aromatic rings. The van der Waals surface area contributed by atoms with Crippen LogP contribution in [-0.2, 0) is 4.74 Å². The van der Waals surface area contributed by atoms with Crippen LogP contribution < -0.4 is 0 Å². The average molecular weight is 173 g/mol. The van der Waals surface area contributed by atoms with E-state index in [2.05, 4.69) is 0 Å². The fourth-order valence-corrected chi connectivity index (χ4v) is 1.65. The molecule has 1 saturated heterocycles. The van der Waals surface area contributed by atoms with Crippen molar-refractivity contribution in [3.05, 3.63) is 10.1 Å². The van der Waals surface area contributed by atoms with Gasteiger partial charge >= 0.3 is 0 Å². The number of nitrogens with zero attached hydrogens (tertiary/aromatic N) is 1. The van der Waals surface area contributed by atoms with Gasteiger partial charge in [0.05, 0.1) is 0 Å². The first kappa shape index (κ1) is 9.45. The summed E-state index contributed by atoms with van der Waals surface area (Å²) in [6, 6.07) is -0.487. The molecule has 70 valence electrons. The van der Waals surface area contributed by atoms with Crippen LogP contribution in [0.25, 0.3) is 0 Å². The van der Waals surface area contributed by atoms with Gasteiger partial charge in [0.2, 0.25) is 6.04 Å². The molecule has 4 nitrogen and oxygen atoms in total. The Balaban J connectivity index is 2.60. The quantitative estimate of drug-likeness (QED) is 0.469. The zero-order valence-electron chi connectivity index (χ0n) is 7.53. The molecule has 0 aromatic carbocycles. The molecule has 0 amide bonds. The number of rotatable bonds is 2. The predicted octanol–water partition coefficient (Wildman–Crippen LogP) is 1.47. The van der Waals surface area contributed by atoms with Crippen LogP contribution in [0.2, 0.25) is 0 Å². The normalized spacial score (nSPS) is 30.6. The lowest BCUT2D eigenvalue weighted by Gasteiger charge is -2.28. The molecule has 1 aliphatic heterocycles. The van der Waals surface area contributed by atoms with Crippen molar-refractivity contribution in [1.82, 2.24) is 0 Å². The van der Waals surface area contributed by atoms with Gasteiger partial charge in [-0.05, 0) is 12.3 Å². The Bertz CT molecular complexity index is 170. The third kappa shape index (κ3) is 1.94. The monoisotopic (exact) mass is 173 g/mol. The molecule has 2 unspecified atom stereocenters. The van der Waals surface area contributed by atoms with Crippen molar-refractivity contribution in [2.75, 3.05) is 6.61 Å². The fourth-order valence-electron chi connectivity index (χ4n) is 1.65. The van der Waals surface area contributed by atoms with E-state index < -0.39 is 6.04 Å². The van der Waals surface area contributed by atoms with Crippen molar-refractivity contribution in [2.45, 2.75) is 38.8 Å². The maximum atomic E-state index is 10.6. The van der Waals surface area contributed by atoms with E-state index in [4.69, 9.17) is 4.74 Å². The van der Waals surface area contributed by atoms with Gasteiger partial charge in [-0.2, -0.15) is 0 Å². The van der Waals surface area contributed by atoms with Crippen molar-refractivity contribution < 1.29 is 9.66 Å².